The smallest absolute Gasteiger partial charge is 0.481 e. The number of nitrogens with one attached hydrogen (secondary N) is 2. The summed E-state index contributed by atoms with van der Waals surface area (Å²) < 4.78 is 9.54. The van der Waals surface area contributed by atoms with Crippen LogP contribution in [0.25, 0.3) is 0 Å². The first-order valence-electron chi connectivity index (χ1n) is 7.68. The van der Waals surface area contributed by atoms with Crippen LogP contribution >= 0.6 is 0 Å². The van der Waals surface area contributed by atoms with Gasteiger partial charge >= 0.3 is 23.8 Å². The van der Waals surface area contributed by atoms with Crippen LogP contribution in [0.5, 0.6) is 0 Å². The lowest BCUT2D eigenvalue weighted by atomic mass is 10.2. The fraction of sp³-hybridized carbons (Fsp3) is 0.111. The molecule has 0 radical (unpaired) electrons. The van der Waals surface area contributed by atoms with E-state index in [1.165, 1.54) is 0 Å². The molecule has 0 atom stereocenters. The molecule has 1 aliphatic rings. The molecule has 126 valence electrons. The average molecular weight is 338 g/mol. The summed E-state index contributed by atoms with van der Waals surface area (Å²) in [6.45, 7) is 0. The third kappa shape index (κ3) is 4.46. The van der Waals surface area contributed by atoms with E-state index in [1.807, 2.05) is 18.2 Å². The Morgan fingerprint density at radius 1 is 0.960 bits per heavy atom. The highest BCUT2D eigenvalue weighted by molar-refractivity contribution is 6.09. The monoisotopic (exact) mass is 338 g/mol. The molecule has 0 aromatic heterocycles. The number of carboxylic acids is 1. The lowest BCUT2D eigenvalue weighted by molar-refractivity contribution is -0.136. The fourth-order valence-corrected chi connectivity index (χ4v) is 2.19. The van der Waals surface area contributed by atoms with Crippen LogP contribution < -0.4 is 15.3 Å². The van der Waals surface area contributed by atoms with Gasteiger partial charge < -0.3 is 20.5 Å². The molecule has 0 bridgehead atoms. The number of carbonyl (C=O) groups excluding carboxylic acids is 1. The van der Waals surface area contributed by atoms with Gasteiger partial charge in [-0.15, -0.1) is 0 Å². The molecule has 0 spiro atoms. The zero-order chi connectivity index (χ0) is 17.6. The predicted octanol–water partition coefficient (Wildman–Crippen LogP) is 2.44. The third-order valence-corrected chi connectivity index (χ3v) is 3.41. The molecule has 7 nitrogen and oxygen atoms in total. The van der Waals surface area contributed by atoms with E-state index in [2.05, 4.69) is 15.3 Å². The zero-order valence-electron chi connectivity index (χ0n) is 13.2. The van der Waals surface area contributed by atoms with Gasteiger partial charge in [-0.3, -0.25) is 4.79 Å². The minimum Gasteiger partial charge on any atom is -0.481 e. The van der Waals surface area contributed by atoms with Crippen molar-refractivity contribution < 1.29 is 19.4 Å². The van der Waals surface area contributed by atoms with E-state index in [4.69, 9.17) is 9.84 Å². The first-order chi connectivity index (χ1) is 12.1. The van der Waals surface area contributed by atoms with Crippen molar-refractivity contribution in [3.8, 4) is 0 Å². The van der Waals surface area contributed by atoms with Gasteiger partial charge in [-0.2, -0.15) is 0 Å². The van der Waals surface area contributed by atoms with Gasteiger partial charge in [-0.05, 0) is 41.1 Å². The number of carboxylic acid groups (broad SMARTS) is 1. The second-order valence-electron chi connectivity index (χ2n) is 5.33. The van der Waals surface area contributed by atoms with E-state index >= 15 is 0 Å². The van der Waals surface area contributed by atoms with E-state index in [-0.39, 0.29) is 18.9 Å². The number of aliphatic carboxylic acids is 1. The lowest BCUT2D eigenvalue weighted by Gasteiger charge is -2.08. The van der Waals surface area contributed by atoms with Crippen molar-refractivity contribution in [2.24, 2.45) is 0 Å². The number of benzene rings is 2. The standard InChI is InChI=1S/C18H15N3O4/c22-16(23)11-10-15-21-17(25-15)12-6-8-14(9-7-12)20-18(24)19-13-4-2-1-3-5-13/h1-9H,10-11H2,(H2,19,22,23,24)/p+1. The number of anilines is 2. The molecule has 3 rings (SSSR count). The molecule has 3 N–H and O–H groups in total. The Hall–Kier alpha value is -3.57. The van der Waals surface area contributed by atoms with Crippen molar-refractivity contribution >= 4 is 35.2 Å². The van der Waals surface area contributed by atoms with Gasteiger partial charge in [0.1, 0.15) is 5.56 Å². The van der Waals surface area contributed by atoms with Crippen molar-refractivity contribution in [2.75, 3.05) is 10.6 Å². The van der Waals surface area contributed by atoms with Gasteiger partial charge in [-0.1, -0.05) is 18.2 Å². The summed E-state index contributed by atoms with van der Waals surface area (Å²) in [5, 5.41) is 14.1. The van der Waals surface area contributed by atoms with Crippen LogP contribution in [0.1, 0.15) is 18.4 Å². The summed E-state index contributed by atoms with van der Waals surface area (Å²) in [5.74, 6) is -0.0218. The predicted molar refractivity (Wildman–Crippen MR) is 94.7 cm³/mol. The molecule has 2 aromatic rings. The molecule has 2 amide bonds. The van der Waals surface area contributed by atoms with Gasteiger partial charge in [0.25, 0.3) is 0 Å². The topological polar surface area (TPSA) is 102 Å². The first kappa shape index (κ1) is 16.3. The Balaban J connectivity index is 1.57. The van der Waals surface area contributed by atoms with Crippen LogP contribution in [0.3, 0.4) is 0 Å². The second kappa shape index (κ2) is 7.33. The van der Waals surface area contributed by atoms with Crippen LogP contribution in [-0.2, 0) is 9.53 Å². The Morgan fingerprint density at radius 2 is 1.56 bits per heavy atom. The number of ether oxygens (including phenoxy) is 1. The van der Waals surface area contributed by atoms with Crippen molar-refractivity contribution in [3.05, 3.63) is 60.2 Å². The molecular formula is C18H16N3O4+. The fourth-order valence-electron chi connectivity index (χ4n) is 2.19. The molecule has 1 heterocycles. The summed E-state index contributed by atoms with van der Waals surface area (Å²) in [5.41, 5.74) is 2.10. The van der Waals surface area contributed by atoms with Gasteiger partial charge in [-0.25, -0.2) is 4.79 Å². The van der Waals surface area contributed by atoms with E-state index in [9.17, 15) is 9.59 Å². The second-order valence-corrected chi connectivity index (χ2v) is 5.33. The third-order valence-electron chi connectivity index (χ3n) is 3.41. The molecule has 2 aromatic carbocycles. The van der Waals surface area contributed by atoms with Crippen molar-refractivity contribution in [1.29, 1.82) is 0 Å². The van der Waals surface area contributed by atoms with E-state index in [0.29, 0.717) is 23.2 Å². The highest BCUT2D eigenvalue weighted by atomic mass is 16.5. The summed E-state index contributed by atoms with van der Waals surface area (Å²) in [6, 6.07) is 15.8. The number of rotatable bonds is 6. The number of hydrogen-bond donors (Lipinski definition) is 3. The van der Waals surface area contributed by atoms with E-state index in [0.717, 1.165) is 5.56 Å². The van der Waals surface area contributed by atoms with Crippen LogP contribution in [0.4, 0.5) is 16.2 Å². The van der Waals surface area contributed by atoms with Crippen molar-refractivity contribution in [3.63, 3.8) is 0 Å². The number of carbonyl (C=O) groups is 2. The van der Waals surface area contributed by atoms with Gasteiger partial charge in [0.05, 0.1) is 12.8 Å². The largest absolute Gasteiger partial charge is 0.509 e. The quantitative estimate of drug-likeness (QED) is 0.704. The lowest BCUT2D eigenvalue weighted by Crippen LogP contribution is -2.29. The number of nitrogens with zero attached hydrogens (tertiary/aromatic N) is 1. The molecule has 0 fully saturated rings. The van der Waals surface area contributed by atoms with Crippen molar-refractivity contribution in [2.45, 2.75) is 12.8 Å². The normalized spacial score (nSPS) is 12.2. The number of urea groups is 1. The van der Waals surface area contributed by atoms with Crippen LogP contribution in [0.15, 0.2) is 54.6 Å². The number of para-hydroxylation sites is 1. The SMILES string of the molecule is O=C(O)CCC1=[N+]=C(c2ccc(NC(=O)Nc3ccccc3)cc2)O1. The Labute approximate surface area is 143 Å². The summed E-state index contributed by atoms with van der Waals surface area (Å²) >= 11 is 0. The Bertz CT molecular complexity index is 854. The van der Waals surface area contributed by atoms with E-state index in [1.54, 1.807) is 36.4 Å². The highest BCUT2D eigenvalue weighted by Gasteiger charge is 2.33. The van der Waals surface area contributed by atoms with Gasteiger partial charge in [0.15, 0.2) is 0 Å². The molecule has 0 saturated heterocycles. The van der Waals surface area contributed by atoms with Gasteiger partial charge in [0, 0.05) is 11.4 Å². The van der Waals surface area contributed by atoms with Gasteiger partial charge in [0.2, 0.25) is 0 Å². The van der Waals surface area contributed by atoms with Crippen molar-refractivity contribution in [1.82, 2.24) is 4.67 Å². The van der Waals surface area contributed by atoms with Crippen LogP contribution in [-0.4, -0.2) is 28.9 Å². The maximum absolute atomic E-state index is 11.9. The van der Waals surface area contributed by atoms with Crippen LogP contribution in [0, 0.1) is 0 Å². The maximum Gasteiger partial charge on any atom is 0.509 e. The Kier molecular flexibility index (Phi) is 4.78. The minimum atomic E-state index is -0.885. The molecule has 0 unspecified atom stereocenters. The maximum atomic E-state index is 11.9. The molecule has 1 aliphatic heterocycles. The first-order valence-corrected chi connectivity index (χ1v) is 7.68. The summed E-state index contributed by atoms with van der Waals surface area (Å²) in [4.78, 5) is 22.4. The highest BCUT2D eigenvalue weighted by Crippen LogP contribution is 2.13. The Morgan fingerprint density at radius 3 is 2.16 bits per heavy atom. The molecular weight excluding hydrogens is 322 g/mol. The molecule has 0 saturated carbocycles. The average Bonchev–Trinajstić information content (AvgIpc) is 2.55. The zero-order valence-corrected chi connectivity index (χ0v) is 13.2. The van der Waals surface area contributed by atoms with Crippen LogP contribution in [0.2, 0.25) is 0 Å². The molecule has 7 heteroatoms. The van der Waals surface area contributed by atoms with E-state index < -0.39 is 5.97 Å². The summed E-state index contributed by atoms with van der Waals surface area (Å²) in [6.07, 6.45) is 0.267. The molecule has 25 heavy (non-hydrogen) atoms. The summed E-state index contributed by atoms with van der Waals surface area (Å²) in [7, 11) is 0. The minimum absolute atomic E-state index is 0.00844. The number of hydrogen-bond acceptors (Lipinski definition) is 3. The number of amides is 2. The molecule has 0 aliphatic carbocycles.